The first-order valence-corrected chi connectivity index (χ1v) is 7.31. The molecule has 0 unspecified atom stereocenters. The van der Waals surface area contributed by atoms with Crippen LogP contribution in [0.15, 0.2) is 12.7 Å². The molecule has 1 aliphatic rings. The first-order valence-electron chi connectivity index (χ1n) is 5.70. The van der Waals surface area contributed by atoms with Crippen molar-refractivity contribution in [2.75, 3.05) is 18.8 Å². The van der Waals surface area contributed by atoms with Gasteiger partial charge in [0.15, 0.2) is 0 Å². The van der Waals surface area contributed by atoms with Crippen molar-refractivity contribution >= 4 is 16.0 Å². The lowest BCUT2D eigenvalue weighted by molar-refractivity contribution is -0.151. The quantitative estimate of drug-likeness (QED) is 0.751. The molecule has 0 aromatic carbocycles. The van der Waals surface area contributed by atoms with Crippen molar-refractivity contribution in [1.82, 2.24) is 4.31 Å². The summed E-state index contributed by atoms with van der Waals surface area (Å²) in [6, 6.07) is 0. The molecule has 0 aliphatic carbocycles. The molecule has 0 atom stereocenters. The Morgan fingerprint density at radius 1 is 1.47 bits per heavy atom. The van der Waals surface area contributed by atoms with E-state index >= 15 is 0 Å². The summed E-state index contributed by atoms with van der Waals surface area (Å²) in [4.78, 5) is 11.2. The number of hydrogen-bond acceptors (Lipinski definition) is 3. The maximum Gasteiger partial charge on any atom is 0.309 e. The Hall–Kier alpha value is -0.880. The van der Waals surface area contributed by atoms with Crippen LogP contribution in [0, 0.1) is 5.41 Å². The normalized spacial score (nSPS) is 21.0. The standard InChI is InChI=1S/C11H19NO4S/c1-3-9-17(15,16)12-7-5-11(4-2,6-8-12)10(13)14/h3H,1,4-9H2,2H3,(H,13,14). The zero-order valence-corrected chi connectivity index (χ0v) is 10.9. The minimum atomic E-state index is -3.30. The summed E-state index contributed by atoms with van der Waals surface area (Å²) in [5.41, 5.74) is -0.750. The Balaban J connectivity index is 2.74. The Labute approximate surface area is 102 Å². The molecule has 1 saturated heterocycles. The monoisotopic (exact) mass is 261 g/mol. The van der Waals surface area contributed by atoms with E-state index in [0.717, 1.165) is 0 Å². The number of carbonyl (C=O) groups is 1. The lowest BCUT2D eigenvalue weighted by Crippen LogP contribution is -2.46. The highest BCUT2D eigenvalue weighted by atomic mass is 32.2. The van der Waals surface area contributed by atoms with Crippen LogP contribution in [0.1, 0.15) is 26.2 Å². The van der Waals surface area contributed by atoms with Crippen LogP contribution in [0.2, 0.25) is 0 Å². The van der Waals surface area contributed by atoms with E-state index in [1.165, 1.54) is 10.4 Å². The van der Waals surface area contributed by atoms with E-state index < -0.39 is 21.4 Å². The van der Waals surface area contributed by atoms with Crippen LogP contribution in [-0.2, 0) is 14.8 Å². The lowest BCUT2D eigenvalue weighted by Gasteiger charge is -2.37. The van der Waals surface area contributed by atoms with Crippen LogP contribution in [0.3, 0.4) is 0 Å². The second kappa shape index (κ2) is 5.18. The van der Waals surface area contributed by atoms with Gasteiger partial charge in [0.2, 0.25) is 10.0 Å². The highest BCUT2D eigenvalue weighted by Crippen LogP contribution is 2.35. The predicted octanol–water partition coefficient (Wildman–Crippen LogP) is 1.08. The Bertz CT molecular complexity index is 394. The van der Waals surface area contributed by atoms with Crippen LogP contribution in [0.4, 0.5) is 0 Å². The minimum absolute atomic E-state index is 0.0841. The average Bonchev–Trinajstić information content (AvgIpc) is 2.28. The van der Waals surface area contributed by atoms with Crippen LogP contribution in [0.25, 0.3) is 0 Å². The molecule has 17 heavy (non-hydrogen) atoms. The van der Waals surface area contributed by atoms with Crippen molar-refractivity contribution in [2.45, 2.75) is 26.2 Å². The second-order valence-electron chi connectivity index (χ2n) is 4.41. The van der Waals surface area contributed by atoms with Crippen molar-refractivity contribution in [3.05, 3.63) is 12.7 Å². The van der Waals surface area contributed by atoms with E-state index in [-0.39, 0.29) is 18.8 Å². The number of carboxylic acid groups (broad SMARTS) is 1. The molecule has 1 heterocycles. The molecule has 6 heteroatoms. The molecule has 1 fully saturated rings. The molecule has 0 radical (unpaired) electrons. The van der Waals surface area contributed by atoms with E-state index in [0.29, 0.717) is 19.3 Å². The van der Waals surface area contributed by atoms with Crippen LogP contribution in [-0.4, -0.2) is 42.6 Å². The Kier molecular flexibility index (Phi) is 4.32. The van der Waals surface area contributed by atoms with Gasteiger partial charge >= 0.3 is 5.97 Å². The van der Waals surface area contributed by atoms with Crippen molar-refractivity contribution in [2.24, 2.45) is 5.41 Å². The minimum Gasteiger partial charge on any atom is -0.481 e. The third-order valence-electron chi connectivity index (χ3n) is 3.53. The summed E-state index contributed by atoms with van der Waals surface area (Å²) >= 11 is 0. The zero-order valence-electron chi connectivity index (χ0n) is 10.1. The number of sulfonamides is 1. The SMILES string of the molecule is C=CCS(=O)(=O)N1CCC(CC)(C(=O)O)CC1. The molecule has 0 saturated carbocycles. The number of rotatable bonds is 5. The first-order chi connectivity index (χ1) is 7.88. The third kappa shape index (κ3) is 2.87. The molecule has 5 nitrogen and oxygen atoms in total. The van der Waals surface area contributed by atoms with Gasteiger partial charge in [-0.2, -0.15) is 0 Å². The lowest BCUT2D eigenvalue weighted by atomic mass is 9.77. The summed E-state index contributed by atoms with van der Waals surface area (Å²) in [6.07, 6.45) is 2.66. The number of hydrogen-bond donors (Lipinski definition) is 1. The summed E-state index contributed by atoms with van der Waals surface area (Å²) in [6.45, 7) is 5.83. The largest absolute Gasteiger partial charge is 0.481 e. The fourth-order valence-electron chi connectivity index (χ4n) is 2.17. The molecule has 0 aromatic rings. The van der Waals surface area contributed by atoms with E-state index in [1.54, 1.807) is 0 Å². The number of piperidine rings is 1. The van der Waals surface area contributed by atoms with Gasteiger partial charge in [-0.3, -0.25) is 4.79 Å². The average molecular weight is 261 g/mol. The van der Waals surface area contributed by atoms with Crippen LogP contribution >= 0.6 is 0 Å². The highest BCUT2D eigenvalue weighted by Gasteiger charge is 2.41. The third-order valence-corrected chi connectivity index (χ3v) is 5.34. The maximum atomic E-state index is 11.8. The van der Waals surface area contributed by atoms with Crippen molar-refractivity contribution in [3.8, 4) is 0 Å². The number of aliphatic carboxylic acids is 1. The molecule has 1 aliphatic heterocycles. The predicted molar refractivity (Wildman–Crippen MR) is 65.2 cm³/mol. The smallest absolute Gasteiger partial charge is 0.309 e. The number of carboxylic acids is 1. The van der Waals surface area contributed by atoms with Gasteiger partial charge in [0.05, 0.1) is 11.2 Å². The van der Waals surface area contributed by atoms with Crippen LogP contribution < -0.4 is 0 Å². The van der Waals surface area contributed by atoms with Gasteiger partial charge in [-0.15, -0.1) is 6.58 Å². The van der Waals surface area contributed by atoms with E-state index in [9.17, 15) is 18.3 Å². The second-order valence-corrected chi connectivity index (χ2v) is 6.42. The zero-order chi connectivity index (χ0) is 13.1. The molecular formula is C11H19NO4S. The molecule has 0 bridgehead atoms. The van der Waals surface area contributed by atoms with Crippen molar-refractivity contribution in [3.63, 3.8) is 0 Å². The van der Waals surface area contributed by atoms with Crippen molar-refractivity contribution < 1.29 is 18.3 Å². The Morgan fingerprint density at radius 3 is 2.35 bits per heavy atom. The maximum absolute atomic E-state index is 11.8. The van der Waals surface area contributed by atoms with Gasteiger partial charge in [-0.05, 0) is 19.3 Å². The van der Waals surface area contributed by atoms with Gasteiger partial charge < -0.3 is 5.11 Å². The molecular weight excluding hydrogens is 242 g/mol. The first kappa shape index (κ1) is 14.2. The number of nitrogens with zero attached hydrogens (tertiary/aromatic N) is 1. The van der Waals surface area contributed by atoms with Crippen molar-refractivity contribution in [1.29, 1.82) is 0 Å². The van der Waals surface area contributed by atoms with Gasteiger partial charge in [0, 0.05) is 13.1 Å². The van der Waals surface area contributed by atoms with Gasteiger partial charge in [0.25, 0.3) is 0 Å². The fraction of sp³-hybridized carbons (Fsp3) is 0.727. The van der Waals surface area contributed by atoms with E-state index in [1.807, 2.05) is 6.92 Å². The van der Waals surface area contributed by atoms with Gasteiger partial charge in [0.1, 0.15) is 0 Å². The molecule has 1 rings (SSSR count). The molecule has 0 spiro atoms. The summed E-state index contributed by atoms with van der Waals surface area (Å²) in [5.74, 6) is -0.903. The Morgan fingerprint density at radius 2 is 2.00 bits per heavy atom. The summed E-state index contributed by atoms with van der Waals surface area (Å²) < 4.78 is 24.9. The topological polar surface area (TPSA) is 74.7 Å². The summed E-state index contributed by atoms with van der Waals surface area (Å²) in [5, 5.41) is 9.20. The molecule has 1 N–H and O–H groups in total. The van der Waals surface area contributed by atoms with Gasteiger partial charge in [-0.25, -0.2) is 12.7 Å². The van der Waals surface area contributed by atoms with Gasteiger partial charge in [-0.1, -0.05) is 13.0 Å². The van der Waals surface area contributed by atoms with Crippen LogP contribution in [0.5, 0.6) is 0 Å². The highest BCUT2D eigenvalue weighted by molar-refractivity contribution is 7.89. The fourth-order valence-corrected chi connectivity index (χ4v) is 3.41. The van der Waals surface area contributed by atoms with E-state index in [2.05, 4.69) is 6.58 Å². The van der Waals surface area contributed by atoms with E-state index in [4.69, 9.17) is 0 Å². The summed E-state index contributed by atoms with van der Waals surface area (Å²) in [7, 11) is -3.30. The molecule has 0 amide bonds. The molecule has 0 aromatic heterocycles. The molecule has 98 valence electrons.